The van der Waals surface area contributed by atoms with Crippen molar-refractivity contribution >= 4 is 5.96 Å². The van der Waals surface area contributed by atoms with Gasteiger partial charge in [0.25, 0.3) is 0 Å². The minimum Gasteiger partial charge on any atom is -0.355 e. The van der Waals surface area contributed by atoms with Gasteiger partial charge >= 0.3 is 0 Å². The van der Waals surface area contributed by atoms with Crippen molar-refractivity contribution in [3.05, 3.63) is 12.2 Å². The monoisotopic (exact) mass is 250 g/mol. The molecular formula is C12H22N6. The predicted molar refractivity (Wildman–Crippen MR) is 71.5 cm³/mol. The fourth-order valence-electron chi connectivity index (χ4n) is 1.93. The molecule has 1 aliphatic carbocycles. The van der Waals surface area contributed by atoms with Crippen LogP contribution in [0, 0.1) is 5.92 Å². The summed E-state index contributed by atoms with van der Waals surface area (Å²) in [6.45, 7) is 6.02. The fourth-order valence-corrected chi connectivity index (χ4v) is 1.93. The van der Waals surface area contributed by atoms with Crippen molar-refractivity contribution in [2.45, 2.75) is 39.3 Å². The van der Waals surface area contributed by atoms with Gasteiger partial charge in [0.15, 0.2) is 5.96 Å². The summed E-state index contributed by atoms with van der Waals surface area (Å²) in [5, 5.41) is 14.7. The van der Waals surface area contributed by atoms with Gasteiger partial charge < -0.3 is 15.2 Å². The van der Waals surface area contributed by atoms with E-state index in [2.05, 4.69) is 44.2 Å². The molecular weight excluding hydrogens is 228 g/mol. The number of rotatable bonds is 5. The average molecular weight is 250 g/mol. The molecule has 18 heavy (non-hydrogen) atoms. The molecule has 0 aliphatic heterocycles. The third-order valence-corrected chi connectivity index (χ3v) is 3.31. The number of nitrogens with one attached hydrogen (secondary N) is 2. The summed E-state index contributed by atoms with van der Waals surface area (Å²) in [7, 11) is 1.80. The van der Waals surface area contributed by atoms with Crippen LogP contribution in [-0.4, -0.2) is 40.4 Å². The first-order valence-electron chi connectivity index (χ1n) is 6.58. The number of aliphatic imine (C=N–C) groups is 1. The van der Waals surface area contributed by atoms with E-state index in [1.165, 1.54) is 6.42 Å². The highest BCUT2D eigenvalue weighted by Crippen LogP contribution is 2.28. The Balaban J connectivity index is 1.73. The molecule has 2 atom stereocenters. The number of aryl methyl sites for hydroxylation is 1. The highest BCUT2D eigenvalue weighted by molar-refractivity contribution is 5.80. The summed E-state index contributed by atoms with van der Waals surface area (Å²) in [5.41, 5.74) is 0. The van der Waals surface area contributed by atoms with Crippen LogP contribution in [0.2, 0.25) is 0 Å². The molecule has 1 fully saturated rings. The molecule has 0 radical (unpaired) electrons. The van der Waals surface area contributed by atoms with E-state index in [4.69, 9.17) is 0 Å². The van der Waals surface area contributed by atoms with Gasteiger partial charge in [-0.15, -0.1) is 10.2 Å². The summed E-state index contributed by atoms with van der Waals surface area (Å²) >= 11 is 0. The lowest BCUT2D eigenvalue weighted by Gasteiger charge is -2.12. The first-order chi connectivity index (χ1) is 8.74. The molecule has 100 valence electrons. The van der Waals surface area contributed by atoms with Gasteiger partial charge in [0.2, 0.25) is 0 Å². The van der Waals surface area contributed by atoms with E-state index in [-0.39, 0.29) is 0 Å². The van der Waals surface area contributed by atoms with E-state index in [1.54, 1.807) is 13.4 Å². The Kier molecular flexibility index (Phi) is 4.17. The van der Waals surface area contributed by atoms with E-state index in [0.717, 1.165) is 37.2 Å². The molecule has 1 saturated carbocycles. The smallest absolute Gasteiger partial charge is 0.191 e. The van der Waals surface area contributed by atoms with Gasteiger partial charge in [-0.05, 0) is 12.3 Å². The lowest BCUT2D eigenvalue weighted by molar-refractivity contribution is 0.630. The van der Waals surface area contributed by atoms with E-state index < -0.39 is 0 Å². The number of guanidine groups is 1. The normalized spacial score (nSPS) is 22.9. The summed E-state index contributed by atoms with van der Waals surface area (Å²) in [6, 6.07) is 0.595. The van der Waals surface area contributed by atoms with Crippen molar-refractivity contribution in [1.82, 2.24) is 25.4 Å². The van der Waals surface area contributed by atoms with E-state index in [1.807, 2.05) is 0 Å². The zero-order chi connectivity index (χ0) is 13.0. The van der Waals surface area contributed by atoms with Crippen LogP contribution in [0.1, 0.15) is 26.1 Å². The Morgan fingerprint density at radius 3 is 3.00 bits per heavy atom. The first kappa shape index (κ1) is 12.9. The minimum absolute atomic E-state index is 0.595. The molecule has 1 heterocycles. The van der Waals surface area contributed by atoms with Crippen molar-refractivity contribution in [3.63, 3.8) is 0 Å². The molecule has 6 nitrogen and oxygen atoms in total. The Morgan fingerprint density at radius 2 is 2.39 bits per heavy atom. The molecule has 1 aliphatic rings. The molecule has 2 unspecified atom stereocenters. The van der Waals surface area contributed by atoms with Crippen LogP contribution in [0.5, 0.6) is 0 Å². The van der Waals surface area contributed by atoms with Crippen molar-refractivity contribution in [3.8, 4) is 0 Å². The van der Waals surface area contributed by atoms with Gasteiger partial charge in [-0.1, -0.05) is 13.8 Å². The summed E-state index contributed by atoms with van der Waals surface area (Å²) < 4.78 is 2.07. The zero-order valence-corrected chi connectivity index (χ0v) is 11.3. The summed E-state index contributed by atoms with van der Waals surface area (Å²) in [5.74, 6) is 2.68. The van der Waals surface area contributed by atoms with E-state index in [0.29, 0.717) is 6.04 Å². The summed E-state index contributed by atoms with van der Waals surface area (Å²) in [6.07, 6.45) is 3.93. The Morgan fingerprint density at radius 1 is 1.61 bits per heavy atom. The zero-order valence-electron chi connectivity index (χ0n) is 11.3. The molecule has 2 N–H and O–H groups in total. The van der Waals surface area contributed by atoms with Gasteiger partial charge in [0, 0.05) is 32.6 Å². The van der Waals surface area contributed by atoms with Crippen molar-refractivity contribution in [2.75, 3.05) is 13.6 Å². The lowest BCUT2D eigenvalue weighted by Crippen LogP contribution is -2.40. The lowest BCUT2D eigenvalue weighted by atomic mass is 10.4. The maximum absolute atomic E-state index is 4.22. The van der Waals surface area contributed by atoms with Gasteiger partial charge in [0.1, 0.15) is 12.2 Å². The van der Waals surface area contributed by atoms with Crippen molar-refractivity contribution in [2.24, 2.45) is 10.9 Å². The van der Waals surface area contributed by atoms with Crippen LogP contribution in [0.25, 0.3) is 0 Å². The third-order valence-electron chi connectivity index (χ3n) is 3.31. The van der Waals surface area contributed by atoms with Crippen LogP contribution >= 0.6 is 0 Å². The Bertz CT molecular complexity index is 410. The maximum atomic E-state index is 4.22. The highest BCUT2D eigenvalue weighted by atomic mass is 15.3. The molecule has 0 bridgehead atoms. The number of aromatic nitrogens is 3. The number of hydrogen-bond acceptors (Lipinski definition) is 3. The molecule has 6 heteroatoms. The molecule has 0 spiro atoms. The largest absolute Gasteiger partial charge is 0.355 e. The average Bonchev–Trinajstić information content (AvgIpc) is 2.90. The number of nitrogens with zero attached hydrogens (tertiary/aromatic N) is 4. The standard InChI is InChI=1S/C12H22N6/c1-4-11-17-15-8-18(11)6-5-14-12(13-3)16-10-7-9(10)2/h8-10H,4-7H2,1-3H3,(H2,13,14,16). The van der Waals surface area contributed by atoms with Gasteiger partial charge in [-0.3, -0.25) is 4.99 Å². The van der Waals surface area contributed by atoms with Crippen LogP contribution in [0.4, 0.5) is 0 Å². The Labute approximate surface area is 108 Å². The van der Waals surface area contributed by atoms with Gasteiger partial charge in [0.05, 0.1) is 0 Å². The van der Waals surface area contributed by atoms with Crippen LogP contribution in [-0.2, 0) is 13.0 Å². The van der Waals surface area contributed by atoms with E-state index >= 15 is 0 Å². The SMILES string of the molecule is CCc1nncn1CCNC(=NC)NC1CC1C. The number of hydrogen-bond donors (Lipinski definition) is 2. The Hall–Kier alpha value is -1.59. The topological polar surface area (TPSA) is 67.1 Å². The van der Waals surface area contributed by atoms with Crippen LogP contribution < -0.4 is 10.6 Å². The molecule has 1 aromatic heterocycles. The van der Waals surface area contributed by atoms with Crippen LogP contribution in [0.3, 0.4) is 0 Å². The molecule has 2 rings (SSSR count). The molecule has 0 aromatic carbocycles. The third kappa shape index (κ3) is 3.21. The van der Waals surface area contributed by atoms with Crippen LogP contribution in [0.15, 0.2) is 11.3 Å². The second kappa shape index (κ2) is 5.84. The quantitative estimate of drug-likeness (QED) is 0.587. The fraction of sp³-hybridized carbons (Fsp3) is 0.750. The maximum Gasteiger partial charge on any atom is 0.191 e. The minimum atomic E-state index is 0.595. The molecule has 0 saturated heterocycles. The van der Waals surface area contributed by atoms with Gasteiger partial charge in [-0.2, -0.15) is 0 Å². The van der Waals surface area contributed by atoms with Gasteiger partial charge in [-0.25, -0.2) is 0 Å². The molecule has 1 aromatic rings. The second-order valence-electron chi connectivity index (χ2n) is 4.76. The van der Waals surface area contributed by atoms with Crippen molar-refractivity contribution < 1.29 is 0 Å². The highest BCUT2D eigenvalue weighted by Gasteiger charge is 2.33. The summed E-state index contributed by atoms with van der Waals surface area (Å²) in [4.78, 5) is 4.22. The first-order valence-corrected chi connectivity index (χ1v) is 6.58. The molecule has 0 amide bonds. The predicted octanol–water partition coefficient (Wildman–Crippen LogP) is 0.414. The van der Waals surface area contributed by atoms with Crippen molar-refractivity contribution in [1.29, 1.82) is 0 Å². The van der Waals surface area contributed by atoms with E-state index in [9.17, 15) is 0 Å². The second-order valence-corrected chi connectivity index (χ2v) is 4.76.